The molecule has 3 heterocycles. The minimum Gasteiger partial charge on any atom is -0.309 e. The topological polar surface area (TPSA) is 14.8 Å². The SMILES string of the molecule is c1ccc(-c2cccc(-c3cc(-c4ccccc4)cc(-n4c5ccccc5c5c(-n6c7ccccc7c7ccc(-n8c9ccccc9c9ccccc98)cc76)cccc54)c3)c2)cc1. The number of hydrogen-bond donors (Lipinski definition) is 0. The van der Waals surface area contributed by atoms with Crippen LogP contribution in [0.5, 0.6) is 0 Å². The van der Waals surface area contributed by atoms with E-state index in [0.29, 0.717) is 0 Å². The predicted octanol–water partition coefficient (Wildman–Crippen LogP) is 16.0. The Labute approximate surface area is 364 Å². The molecule has 0 bridgehead atoms. The minimum absolute atomic E-state index is 1.12. The second-order valence-electron chi connectivity index (χ2n) is 16.5. The summed E-state index contributed by atoms with van der Waals surface area (Å²) >= 11 is 0. The van der Waals surface area contributed by atoms with Gasteiger partial charge in [-0.05, 0) is 106 Å². The summed E-state index contributed by atoms with van der Waals surface area (Å²) in [6.45, 7) is 0. The molecular formula is C60H39N3. The molecule has 0 amide bonds. The highest BCUT2D eigenvalue weighted by molar-refractivity contribution is 6.17. The van der Waals surface area contributed by atoms with Gasteiger partial charge in [0.2, 0.25) is 0 Å². The molecule has 3 aromatic heterocycles. The summed E-state index contributed by atoms with van der Waals surface area (Å²) in [6.07, 6.45) is 0. The summed E-state index contributed by atoms with van der Waals surface area (Å²) < 4.78 is 7.40. The molecule has 63 heavy (non-hydrogen) atoms. The van der Waals surface area contributed by atoms with Gasteiger partial charge in [-0.3, -0.25) is 0 Å². The lowest BCUT2D eigenvalue weighted by Gasteiger charge is -2.15. The lowest BCUT2D eigenvalue weighted by atomic mass is 9.95. The van der Waals surface area contributed by atoms with Gasteiger partial charge in [-0.25, -0.2) is 0 Å². The fourth-order valence-electron chi connectivity index (χ4n) is 10.2. The van der Waals surface area contributed by atoms with E-state index >= 15 is 0 Å². The fraction of sp³-hybridized carbons (Fsp3) is 0. The van der Waals surface area contributed by atoms with Gasteiger partial charge in [-0.2, -0.15) is 0 Å². The maximum absolute atomic E-state index is 2.50. The van der Waals surface area contributed by atoms with Crippen LogP contribution in [0, 0.1) is 0 Å². The molecule has 0 saturated heterocycles. The standard InChI is InChI=1S/C60H39N3/c1-3-17-40(18-4-1)42-21-15-22-43(35-42)45-36-44(41-19-5-2-6-20-41)37-47(38-45)62-56-30-14-10-26-52(56)60-57(62)31-16-32-58(60)63-55-29-13-9-25-50(55)51-34-33-46(39-59(51)63)61-53-27-11-7-23-48(53)49-24-8-12-28-54(49)61/h1-39H. The first-order valence-electron chi connectivity index (χ1n) is 21.7. The van der Waals surface area contributed by atoms with E-state index in [1.165, 1.54) is 93.3 Å². The van der Waals surface area contributed by atoms with Crippen molar-refractivity contribution in [3.63, 3.8) is 0 Å². The van der Waals surface area contributed by atoms with Crippen molar-refractivity contribution >= 4 is 65.4 Å². The molecule has 0 unspecified atom stereocenters. The summed E-state index contributed by atoms with van der Waals surface area (Å²) in [5.74, 6) is 0. The molecule has 0 atom stereocenters. The smallest absolute Gasteiger partial charge is 0.0562 e. The van der Waals surface area contributed by atoms with E-state index in [9.17, 15) is 0 Å². The molecule has 0 aliphatic rings. The van der Waals surface area contributed by atoms with Gasteiger partial charge in [0.05, 0.1) is 38.8 Å². The van der Waals surface area contributed by atoms with E-state index in [-0.39, 0.29) is 0 Å². The molecule has 294 valence electrons. The molecule has 0 spiro atoms. The number of rotatable bonds is 6. The zero-order chi connectivity index (χ0) is 41.4. The maximum Gasteiger partial charge on any atom is 0.0562 e. The zero-order valence-corrected chi connectivity index (χ0v) is 34.4. The Morgan fingerprint density at radius 3 is 1.25 bits per heavy atom. The number of fused-ring (bicyclic) bond motifs is 9. The van der Waals surface area contributed by atoms with Gasteiger partial charge in [0.25, 0.3) is 0 Å². The average molecular weight is 802 g/mol. The molecule has 3 heteroatoms. The average Bonchev–Trinajstić information content (AvgIpc) is 4.00. The molecular weight excluding hydrogens is 763 g/mol. The first kappa shape index (κ1) is 35.4. The Kier molecular flexibility index (Phi) is 7.91. The highest BCUT2D eigenvalue weighted by Crippen LogP contribution is 2.42. The molecule has 0 aliphatic heterocycles. The van der Waals surface area contributed by atoms with Gasteiger partial charge in [0, 0.05) is 43.7 Å². The van der Waals surface area contributed by atoms with Crippen LogP contribution in [-0.2, 0) is 0 Å². The molecule has 0 saturated carbocycles. The van der Waals surface area contributed by atoms with Gasteiger partial charge >= 0.3 is 0 Å². The summed E-state index contributed by atoms with van der Waals surface area (Å²) in [5, 5.41) is 7.42. The van der Waals surface area contributed by atoms with E-state index in [1.807, 2.05) is 0 Å². The van der Waals surface area contributed by atoms with Gasteiger partial charge in [0.15, 0.2) is 0 Å². The van der Waals surface area contributed by atoms with E-state index in [4.69, 9.17) is 0 Å². The number of para-hydroxylation sites is 4. The van der Waals surface area contributed by atoms with Crippen molar-refractivity contribution in [1.29, 1.82) is 0 Å². The van der Waals surface area contributed by atoms with Crippen molar-refractivity contribution < 1.29 is 0 Å². The highest BCUT2D eigenvalue weighted by atomic mass is 15.0. The highest BCUT2D eigenvalue weighted by Gasteiger charge is 2.21. The molecule has 10 aromatic carbocycles. The van der Waals surface area contributed by atoms with Gasteiger partial charge in [0.1, 0.15) is 0 Å². The van der Waals surface area contributed by atoms with Crippen molar-refractivity contribution in [3.8, 4) is 50.4 Å². The van der Waals surface area contributed by atoms with Crippen LogP contribution in [0.25, 0.3) is 116 Å². The van der Waals surface area contributed by atoms with Crippen LogP contribution < -0.4 is 0 Å². The van der Waals surface area contributed by atoms with Crippen LogP contribution in [0.3, 0.4) is 0 Å². The molecule has 0 fully saturated rings. The van der Waals surface area contributed by atoms with Crippen LogP contribution >= 0.6 is 0 Å². The first-order chi connectivity index (χ1) is 31.3. The van der Waals surface area contributed by atoms with E-state index in [0.717, 1.165) is 22.6 Å². The number of aromatic nitrogens is 3. The Hall–Kier alpha value is -8.40. The van der Waals surface area contributed by atoms with E-state index < -0.39 is 0 Å². The summed E-state index contributed by atoms with van der Waals surface area (Å²) in [7, 11) is 0. The van der Waals surface area contributed by atoms with Crippen LogP contribution in [-0.4, -0.2) is 13.7 Å². The molecule has 13 rings (SSSR count). The van der Waals surface area contributed by atoms with Crippen molar-refractivity contribution in [1.82, 2.24) is 13.7 Å². The Bertz CT molecular complexity index is 3850. The van der Waals surface area contributed by atoms with Crippen LogP contribution in [0.1, 0.15) is 0 Å². The summed E-state index contributed by atoms with van der Waals surface area (Å²) in [5.41, 5.74) is 17.6. The third kappa shape index (κ3) is 5.53. The van der Waals surface area contributed by atoms with Crippen LogP contribution in [0.4, 0.5) is 0 Å². The van der Waals surface area contributed by atoms with Crippen molar-refractivity contribution in [2.45, 2.75) is 0 Å². The Morgan fingerprint density at radius 1 is 0.206 bits per heavy atom. The lowest BCUT2D eigenvalue weighted by Crippen LogP contribution is -1.98. The van der Waals surface area contributed by atoms with Crippen molar-refractivity contribution in [3.05, 3.63) is 237 Å². The Morgan fingerprint density at radius 2 is 0.619 bits per heavy atom. The predicted molar refractivity (Wildman–Crippen MR) is 266 cm³/mol. The van der Waals surface area contributed by atoms with Crippen LogP contribution in [0.2, 0.25) is 0 Å². The summed E-state index contributed by atoms with van der Waals surface area (Å²) in [6, 6.07) is 86.6. The molecule has 13 aromatic rings. The largest absolute Gasteiger partial charge is 0.309 e. The number of benzene rings is 10. The second kappa shape index (κ2) is 14.1. The van der Waals surface area contributed by atoms with Crippen molar-refractivity contribution in [2.75, 3.05) is 0 Å². The zero-order valence-electron chi connectivity index (χ0n) is 34.4. The molecule has 0 aliphatic carbocycles. The van der Waals surface area contributed by atoms with Gasteiger partial charge in [-0.15, -0.1) is 0 Å². The third-order valence-electron chi connectivity index (χ3n) is 13.0. The molecule has 0 radical (unpaired) electrons. The fourth-order valence-corrected chi connectivity index (χ4v) is 10.2. The third-order valence-corrected chi connectivity index (χ3v) is 13.0. The Balaban J connectivity index is 1.07. The quantitative estimate of drug-likeness (QED) is 0.159. The first-order valence-corrected chi connectivity index (χ1v) is 21.7. The van der Waals surface area contributed by atoms with Gasteiger partial charge in [-0.1, -0.05) is 164 Å². The number of hydrogen-bond acceptors (Lipinski definition) is 0. The van der Waals surface area contributed by atoms with E-state index in [2.05, 4.69) is 250 Å². The monoisotopic (exact) mass is 801 g/mol. The normalized spacial score (nSPS) is 11.8. The second-order valence-corrected chi connectivity index (χ2v) is 16.5. The maximum atomic E-state index is 2.50. The summed E-state index contributed by atoms with van der Waals surface area (Å²) in [4.78, 5) is 0. The molecule has 3 nitrogen and oxygen atoms in total. The van der Waals surface area contributed by atoms with E-state index in [1.54, 1.807) is 0 Å². The van der Waals surface area contributed by atoms with Crippen LogP contribution in [0.15, 0.2) is 237 Å². The lowest BCUT2D eigenvalue weighted by molar-refractivity contribution is 1.16. The molecule has 0 N–H and O–H groups in total. The number of nitrogens with zero attached hydrogens (tertiary/aromatic N) is 3. The van der Waals surface area contributed by atoms with Gasteiger partial charge < -0.3 is 13.7 Å². The minimum atomic E-state index is 1.12. The van der Waals surface area contributed by atoms with Crippen molar-refractivity contribution in [2.24, 2.45) is 0 Å².